The molecule has 0 aliphatic rings. The second kappa shape index (κ2) is 7.28. The van der Waals surface area contributed by atoms with Crippen molar-refractivity contribution >= 4 is 20.9 Å². The first kappa shape index (κ1) is 17.7. The van der Waals surface area contributed by atoms with E-state index in [2.05, 4.69) is 98.1 Å². The first-order chi connectivity index (χ1) is 10.9. The molecule has 0 aliphatic carbocycles. The standard InChI is InChI=1S/C22H27P/c1-6-11-18-12-7-8-13-19(18)16(2)20-14-9-10-15-21(20)22(4,5)17(3)23/h6-15,17H,1,23H2,2-5H3/b18-11-,19-16+. The molecule has 0 aliphatic heterocycles. The number of rotatable bonds is 4. The van der Waals surface area contributed by atoms with Gasteiger partial charge in [0.1, 0.15) is 0 Å². The first-order valence-corrected chi connectivity index (χ1v) is 8.80. The van der Waals surface area contributed by atoms with Crippen LogP contribution in [0.25, 0.3) is 11.6 Å². The molecule has 0 aromatic heterocycles. The fourth-order valence-corrected chi connectivity index (χ4v) is 3.05. The number of hydrogen-bond acceptors (Lipinski definition) is 0. The van der Waals surface area contributed by atoms with Crippen molar-refractivity contribution in [3.63, 3.8) is 0 Å². The molecule has 0 amide bonds. The number of hydrogen-bond donors (Lipinski definition) is 0. The molecule has 23 heavy (non-hydrogen) atoms. The minimum absolute atomic E-state index is 0.0968. The third-order valence-electron chi connectivity index (χ3n) is 4.83. The Morgan fingerprint density at radius 2 is 1.70 bits per heavy atom. The second-order valence-corrected chi connectivity index (χ2v) is 7.67. The zero-order valence-corrected chi connectivity index (χ0v) is 15.8. The van der Waals surface area contributed by atoms with Crippen LogP contribution >= 0.6 is 9.24 Å². The quantitative estimate of drug-likeness (QED) is 0.731. The summed E-state index contributed by atoms with van der Waals surface area (Å²) in [5.74, 6) is 0. The molecule has 0 heterocycles. The zero-order valence-electron chi connectivity index (χ0n) is 14.6. The van der Waals surface area contributed by atoms with E-state index in [0.29, 0.717) is 5.66 Å². The minimum Gasteiger partial charge on any atom is -0.134 e. The van der Waals surface area contributed by atoms with Crippen molar-refractivity contribution in [1.29, 1.82) is 0 Å². The van der Waals surface area contributed by atoms with Gasteiger partial charge in [-0.2, -0.15) is 0 Å². The molecule has 0 radical (unpaired) electrons. The van der Waals surface area contributed by atoms with Crippen molar-refractivity contribution < 1.29 is 0 Å². The summed E-state index contributed by atoms with van der Waals surface area (Å²) in [7, 11) is 2.96. The summed E-state index contributed by atoms with van der Waals surface area (Å²) in [6, 6.07) is 17.3. The van der Waals surface area contributed by atoms with E-state index >= 15 is 0 Å². The first-order valence-electron chi connectivity index (χ1n) is 8.13. The van der Waals surface area contributed by atoms with Crippen LogP contribution in [0.1, 0.15) is 38.8 Å². The monoisotopic (exact) mass is 322 g/mol. The van der Waals surface area contributed by atoms with Crippen LogP contribution in [0.5, 0.6) is 0 Å². The second-order valence-electron chi connectivity index (χ2n) is 6.67. The highest BCUT2D eigenvalue weighted by Gasteiger charge is 2.27. The highest BCUT2D eigenvalue weighted by molar-refractivity contribution is 7.17. The Kier molecular flexibility index (Phi) is 5.60. The summed E-state index contributed by atoms with van der Waals surface area (Å²) in [5.41, 5.74) is 4.63. The average molecular weight is 322 g/mol. The zero-order chi connectivity index (χ0) is 17.0. The summed E-state index contributed by atoms with van der Waals surface area (Å²) in [4.78, 5) is 0. The topological polar surface area (TPSA) is 0 Å². The smallest absolute Gasteiger partial charge is 0.00375 e. The van der Waals surface area contributed by atoms with Gasteiger partial charge in [-0.05, 0) is 45.1 Å². The van der Waals surface area contributed by atoms with Crippen LogP contribution in [-0.2, 0) is 5.41 Å². The lowest BCUT2D eigenvalue weighted by Gasteiger charge is -2.32. The summed E-state index contributed by atoms with van der Waals surface area (Å²) < 4.78 is 0. The van der Waals surface area contributed by atoms with Gasteiger partial charge in [-0.3, -0.25) is 0 Å². The van der Waals surface area contributed by atoms with E-state index in [4.69, 9.17) is 0 Å². The Bertz CT molecular complexity index is 810. The Labute approximate surface area is 142 Å². The summed E-state index contributed by atoms with van der Waals surface area (Å²) >= 11 is 0. The maximum absolute atomic E-state index is 3.84. The minimum atomic E-state index is 0.0968. The Hall–Kier alpha value is -1.65. The number of allylic oxidation sites excluding steroid dienone is 1. The van der Waals surface area contributed by atoms with Gasteiger partial charge in [0.15, 0.2) is 0 Å². The van der Waals surface area contributed by atoms with Gasteiger partial charge in [-0.1, -0.05) is 88.0 Å². The van der Waals surface area contributed by atoms with E-state index < -0.39 is 0 Å². The molecule has 0 N–H and O–H groups in total. The maximum Gasteiger partial charge on any atom is -0.00375 e. The largest absolute Gasteiger partial charge is 0.134 e. The Morgan fingerprint density at radius 3 is 2.35 bits per heavy atom. The molecule has 2 unspecified atom stereocenters. The molecule has 0 saturated heterocycles. The van der Waals surface area contributed by atoms with E-state index in [1.165, 1.54) is 27.1 Å². The summed E-state index contributed by atoms with van der Waals surface area (Å²) in [5, 5.41) is 2.48. The van der Waals surface area contributed by atoms with E-state index in [1.54, 1.807) is 0 Å². The molecule has 2 atom stereocenters. The average Bonchev–Trinajstić information content (AvgIpc) is 2.55. The van der Waals surface area contributed by atoms with Crippen molar-refractivity contribution in [2.75, 3.05) is 0 Å². The van der Waals surface area contributed by atoms with E-state index in [0.717, 1.165) is 0 Å². The van der Waals surface area contributed by atoms with Crippen LogP contribution in [0.15, 0.2) is 61.2 Å². The maximum atomic E-state index is 3.84. The van der Waals surface area contributed by atoms with E-state index in [9.17, 15) is 0 Å². The summed E-state index contributed by atoms with van der Waals surface area (Å²) in [6.07, 6.45) is 3.93. The molecular formula is C22H27P. The van der Waals surface area contributed by atoms with Gasteiger partial charge >= 0.3 is 0 Å². The molecule has 120 valence electrons. The van der Waals surface area contributed by atoms with Gasteiger partial charge in [0, 0.05) is 0 Å². The number of benzene rings is 2. The molecule has 0 nitrogen and oxygen atoms in total. The third kappa shape index (κ3) is 3.65. The molecule has 0 saturated carbocycles. The predicted octanol–water partition coefficient (Wildman–Crippen LogP) is 4.41. The van der Waals surface area contributed by atoms with Gasteiger partial charge in [0.2, 0.25) is 0 Å². The molecule has 2 rings (SSSR count). The van der Waals surface area contributed by atoms with Gasteiger partial charge in [-0.15, -0.1) is 9.24 Å². The van der Waals surface area contributed by atoms with Crippen molar-refractivity contribution in [2.24, 2.45) is 0 Å². The highest BCUT2D eigenvalue weighted by Crippen LogP contribution is 2.35. The summed E-state index contributed by atoms with van der Waals surface area (Å²) in [6.45, 7) is 13.0. The lowest BCUT2D eigenvalue weighted by molar-refractivity contribution is 0.519. The van der Waals surface area contributed by atoms with Gasteiger partial charge < -0.3 is 0 Å². The van der Waals surface area contributed by atoms with Gasteiger partial charge in [0.05, 0.1) is 0 Å². The van der Waals surface area contributed by atoms with Gasteiger partial charge in [0.25, 0.3) is 0 Å². The highest BCUT2D eigenvalue weighted by atomic mass is 31.0. The Balaban J connectivity index is 2.82. The molecule has 2 aromatic carbocycles. The lowest BCUT2D eigenvalue weighted by atomic mass is 9.77. The van der Waals surface area contributed by atoms with Crippen molar-refractivity contribution in [2.45, 2.75) is 38.8 Å². The van der Waals surface area contributed by atoms with Crippen LogP contribution in [0.3, 0.4) is 0 Å². The van der Waals surface area contributed by atoms with Crippen molar-refractivity contribution in [1.82, 2.24) is 0 Å². The third-order valence-corrected chi connectivity index (χ3v) is 5.66. The van der Waals surface area contributed by atoms with Gasteiger partial charge in [-0.25, -0.2) is 0 Å². The van der Waals surface area contributed by atoms with Crippen LogP contribution in [-0.4, -0.2) is 5.66 Å². The molecule has 0 bridgehead atoms. The van der Waals surface area contributed by atoms with Crippen molar-refractivity contribution in [3.8, 4) is 0 Å². The Morgan fingerprint density at radius 1 is 1.09 bits per heavy atom. The lowest BCUT2D eigenvalue weighted by Crippen LogP contribution is -2.30. The molecule has 2 aromatic rings. The normalized spacial score (nSPS) is 15.3. The molecule has 0 fully saturated rings. The molecule has 1 heteroatoms. The fourth-order valence-electron chi connectivity index (χ4n) is 2.87. The SMILES string of the molecule is C=C/C=c1/cccc/c1=C(/C)c1ccccc1C(C)(C)C(C)P. The van der Waals surface area contributed by atoms with E-state index in [-0.39, 0.29) is 5.41 Å². The molecular weight excluding hydrogens is 295 g/mol. The fraction of sp³-hybridized carbons (Fsp3) is 0.273. The van der Waals surface area contributed by atoms with Crippen LogP contribution in [0, 0.1) is 0 Å². The van der Waals surface area contributed by atoms with Crippen LogP contribution in [0.2, 0.25) is 0 Å². The van der Waals surface area contributed by atoms with Crippen molar-refractivity contribution in [3.05, 3.63) is 82.8 Å². The molecule has 0 spiro atoms. The van der Waals surface area contributed by atoms with E-state index in [1.807, 2.05) is 6.08 Å². The predicted molar refractivity (Wildman–Crippen MR) is 107 cm³/mol. The van der Waals surface area contributed by atoms with Crippen LogP contribution in [0.4, 0.5) is 0 Å². The van der Waals surface area contributed by atoms with Crippen LogP contribution < -0.4 is 10.4 Å².